The second kappa shape index (κ2) is 6.28. The number of hydrogen-bond donors (Lipinski definition) is 0. The molecule has 6 aromatic rings. The van der Waals surface area contributed by atoms with Crippen molar-refractivity contribution in [1.82, 2.24) is 9.97 Å². The number of rotatable bonds is 2. The third kappa shape index (κ3) is 2.44. The third-order valence-corrected chi connectivity index (χ3v) is 5.45. The first-order valence-electron chi connectivity index (χ1n) is 9.58. The summed E-state index contributed by atoms with van der Waals surface area (Å²) in [6.45, 7) is 0. The fourth-order valence-corrected chi connectivity index (χ4v) is 4.17. The molecule has 0 atom stereocenters. The number of aromatic nitrogens is 2. The summed E-state index contributed by atoms with van der Waals surface area (Å²) in [4.78, 5) is 8.64. The summed E-state index contributed by atoms with van der Waals surface area (Å²) in [5, 5.41) is 4.50. The molecule has 0 saturated heterocycles. The number of pyridine rings is 2. The van der Waals surface area contributed by atoms with E-state index in [0.29, 0.717) is 0 Å². The second-order valence-corrected chi connectivity index (χ2v) is 7.11. The zero-order valence-corrected chi connectivity index (χ0v) is 15.5. The Balaban J connectivity index is 1.80. The molecule has 3 nitrogen and oxygen atoms in total. The number of nitrogens with zero attached hydrogens (tertiary/aromatic N) is 2. The fourth-order valence-electron chi connectivity index (χ4n) is 4.17. The Morgan fingerprint density at radius 1 is 0.586 bits per heavy atom. The number of fused-ring (bicyclic) bond motifs is 5. The van der Waals surface area contributed by atoms with Gasteiger partial charge in [-0.3, -0.25) is 9.97 Å². The summed E-state index contributed by atoms with van der Waals surface area (Å²) in [5.41, 5.74) is 6.26. The van der Waals surface area contributed by atoms with Gasteiger partial charge < -0.3 is 4.42 Å². The summed E-state index contributed by atoms with van der Waals surface area (Å²) < 4.78 is 6.38. The van der Waals surface area contributed by atoms with Crippen molar-refractivity contribution in [3.8, 4) is 22.3 Å². The van der Waals surface area contributed by atoms with Crippen molar-refractivity contribution in [2.24, 2.45) is 0 Å². The van der Waals surface area contributed by atoms with Crippen LogP contribution in [0.2, 0.25) is 0 Å². The first-order chi connectivity index (χ1) is 14.4. The van der Waals surface area contributed by atoms with Crippen LogP contribution in [0.3, 0.4) is 0 Å². The van der Waals surface area contributed by atoms with Gasteiger partial charge in [0.1, 0.15) is 11.2 Å². The van der Waals surface area contributed by atoms with Crippen LogP contribution < -0.4 is 0 Å². The Morgan fingerprint density at radius 3 is 2.03 bits per heavy atom. The van der Waals surface area contributed by atoms with Crippen molar-refractivity contribution in [2.75, 3.05) is 0 Å². The molecule has 0 unspecified atom stereocenters. The van der Waals surface area contributed by atoms with Crippen LogP contribution in [-0.4, -0.2) is 9.97 Å². The van der Waals surface area contributed by atoms with Crippen molar-refractivity contribution in [3.05, 3.63) is 97.6 Å². The molecule has 0 radical (unpaired) electrons. The van der Waals surface area contributed by atoms with E-state index in [0.717, 1.165) is 55.0 Å². The minimum Gasteiger partial charge on any atom is -0.455 e. The van der Waals surface area contributed by atoms with Gasteiger partial charge in [-0.1, -0.05) is 48.5 Å². The Bertz CT molecular complexity index is 1490. The van der Waals surface area contributed by atoms with Gasteiger partial charge in [0.2, 0.25) is 0 Å². The highest BCUT2D eigenvalue weighted by Crippen LogP contribution is 2.42. The maximum Gasteiger partial charge on any atom is 0.143 e. The highest BCUT2D eigenvalue weighted by atomic mass is 16.3. The molecule has 3 aromatic carbocycles. The molecule has 0 aliphatic carbocycles. The molecule has 3 aromatic heterocycles. The fraction of sp³-hybridized carbons (Fsp3) is 0. The average molecular weight is 372 g/mol. The van der Waals surface area contributed by atoms with Gasteiger partial charge in [0.25, 0.3) is 0 Å². The van der Waals surface area contributed by atoms with Gasteiger partial charge >= 0.3 is 0 Å². The van der Waals surface area contributed by atoms with Crippen LogP contribution in [0.1, 0.15) is 0 Å². The molecule has 136 valence electrons. The lowest BCUT2D eigenvalue weighted by atomic mass is 9.94. The van der Waals surface area contributed by atoms with E-state index in [1.54, 1.807) is 12.4 Å². The van der Waals surface area contributed by atoms with Crippen molar-refractivity contribution in [1.29, 1.82) is 0 Å². The number of hydrogen-bond acceptors (Lipinski definition) is 3. The van der Waals surface area contributed by atoms with Crippen LogP contribution >= 0.6 is 0 Å². The van der Waals surface area contributed by atoms with E-state index in [9.17, 15) is 0 Å². The Hall–Kier alpha value is -3.98. The van der Waals surface area contributed by atoms with E-state index in [1.165, 1.54) is 0 Å². The Morgan fingerprint density at radius 2 is 1.31 bits per heavy atom. The van der Waals surface area contributed by atoms with Gasteiger partial charge in [0, 0.05) is 52.1 Å². The van der Waals surface area contributed by atoms with Crippen LogP contribution in [0.25, 0.3) is 55.0 Å². The summed E-state index contributed by atoms with van der Waals surface area (Å²) in [6, 6.07) is 25.0. The number of furan rings is 1. The lowest BCUT2D eigenvalue weighted by Crippen LogP contribution is -1.84. The first kappa shape index (κ1) is 16.0. The minimum absolute atomic E-state index is 0.884. The maximum atomic E-state index is 6.38. The second-order valence-electron chi connectivity index (χ2n) is 7.11. The molecule has 0 amide bonds. The third-order valence-electron chi connectivity index (χ3n) is 5.45. The smallest absolute Gasteiger partial charge is 0.143 e. The maximum absolute atomic E-state index is 6.38. The SMILES string of the molecule is c1cncc(-c2cc3c(oc4cccc(-c5cccnc5)c43)c3ccccc23)c1. The Kier molecular flexibility index (Phi) is 3.47. The summed E-state index contributed by atoms with van der Waals surface area (Å²) in [7, 11) is 0. The molecule has 0 aliphatic heterocycles. The highest BCUT2D eigenvalue weighted by molar-refractivity contribution is 6.22. The lowest BCUT2D eigenvalue weighted by molar-refractivity contribution is 0.673. The molecule has 0 saturated carbocycles. The van der Waals surface area contributed by atoms with Crippen molar-refractivity contribution in [2.45, 2.75) is 0 Å². The van der Waals surface area contributed by atoms with Gasteiger partial charge in [-0.2, -0.15) is 0 Å². The van der Waals surface area contributed by atoms with Crippen molar-refractivity contribution < 1.29 is 4.42 Å². The van der Waals surface area contributed by atoms with Gasteiger partial charge in [-0.15, -0.1) is 0 Å². The van der Waals surface area contributed by atoms with E-state index in [4.69, 9.17) is 4.42 Å². The molecule has 3 heterocycles. The minimum atomic E-state index is 0.884. The van der Waals surface area contributed by atoms with Crippen LogP contribution in [0.4, 0.5) is 0 Å². The molecule has 0 fully saturated rings. The van der Waals surface area contributed by atoms with Crippen LogP contribution in [0, 0.1) is 0 Å². The van der Waals surface area contributed by atoms with Gasteiger partial charge in [-0.25, -0.2) is 0 Å². The van der Waals surface area contributed by atoms with Crippen LogP contribution in [0.5, 0.6) is 0 Å². The summed E-state index contributed by atoms with van der Waals surface area (Å²) >= 11 is 0. The average Bonchev–Trinajstić information content (AvgIpc) is 3.19. The van der Waals surface area contributed by atoms with E-state index in [2.05, 4.69) is 58.5 Å². The van der Waals surface area contributed by atoms with Crippen molar-refractivity contribution >= 4 is 32.7 Å². The van der Waals surface area contributed by atoms with Crippen LogP contribution in [-0.2, 0) is 0 Å². The predicted octanol–water partition coefficient (Wildman–Crippen LogP) is 6.86. The zero-order valence-electron chi connectivity index (χ0n) is 15.5. The quantitative estimate of drug-likeness (QED) is 0.333. The molecule has 0 bridgehead atoms. The molecular weight excluding hydrogens is 356 g/mol. The van der Waals surface area contributed by atoms with E-state index < -0.39 is 0 Å². The van der Waals surface area contributed by atoms with Crippen molar-refractivity contribution in [3.63, 3.8) is 0 Å². The van der Waals surface area contributed by atoms with Gasteiger partial charge in [0.05, 0.1) is 0 Å². The molecular formula is C26H16N2O. The number of benzene rings is 3. The molecule has 29 heavy (non-hydrogen) atoms. The Labute approximate surface area is 167 Å². The molecule has 0 spiro atoms. The summed E-state index contributed by atoms with van der Waals surface area (Å²) in [6.07, 6.45) is 7.41. The molecule has 0 aliphatic rings. The monoisotopic (exact) mass is 372 g/mol. The molecule has 3 heteroatoms. The molecule has 0 N–H and O–H groups in total. The van der Waals surface area contributed by atoms with E-state index >= 15 is 0 Å². The van der Waals surface area contributed by atoms with E-state index in [-0.39, 0.29) is 0 Å². The van der Waals surface area contributed by atoms with E-state index in [1.807, 2.05) is 36.7 Å². The van der Waals surface area contributed by atoms with Gasteiger partial charge in [-0.05, 0) is 40.8 Å². The molecule has 6 rings (SSSR count). The zero-order chi connectivity index (χ0) is 19.2. The lowest BCUT2D eigenvalue weighted by Gasteiger charge is -2.08. The predicted molar refractivity (Wildman–Crippen MR) is 118 cm³/mol. The summed E-state index contributed by atoms with van der Waals surface area (Å²) in [5.74, 6) is 0. The first-order valence-corrected chi connectivity index (χ1v) is 9.58. The standard InChI is InChI=1S/C26H16N2O/c1-2-9-21-20(8-1)22(18-7-5-13-28-16-18)14-23-25-19(17-6-4-12-27-15-17)10-3-11-24(25)29-26(21)23/h1-16H. The normalized spacial score (nSPS) is 11.4. The highest BCUT2D eigenvalue weighted by Gasteiger charge is 2.17. The largest absolute Gasteiger partial charge is 0.455 e. The van der Waals surface area contributed by atoms with Gasteiger partial charge in [0.15, 0.2) is 0 Å². The topological polar surface area (TPSA) is 38.9 Å². The van der Waals surface area contributed by atoms with Crippen LogP contribution in [0.15, 0.2) is 102 Å².